The van der Waals surface area contributed by atoms with Crippen molar-refractivity contribution >= 4 is 5.91 Å². The van der Waals surface area contributed by atoms with Gasteiger partial charge in [0.2, 0.25) is 0 Å². The summed E-state index contributed by atoms with van der Waals surface area (Å²) in [4.78, 5) is 18.1. The summed E-state index contributed by atoms with van der Waals surface area (Å²) < 4.78 is 5.08. The molecular formula is C13H21N3O2. The van der Waals surface area contributed by atoms with Gasteiger partial charge in [-0.2, -0.15) is 0 Å². The number of amides is 1. The largest absolute Gasteiger partial charge is 0.448 e. The molecule has 1 aromatic heterocycles. The zero-order chi connectivity index (χ0) is 13.0. The minimum Gasteiger partial charge on any atom is -0.448 e. The maximum atomic E-state index is 12.2. The van der Waals surface area contributed by atoms with E-state index in [9.17, 15) is 4.79 Å². The summed E-state index contributed by atoms with van der Waals surface area (Å²) in [7, 11) is 1.98. The molecule has 0 spiro atoms. The Morgan fingerprint density at radius 2 is 2.28 bits per heavy atom. The molecular weight excluding hydrogens is 230 g/mol. The van der Waals surface area contributed by atoms with Gasteiger partial charge in [-0.05, 0) is 45.7 Å². The van der Waals surface area contributed by atoms with E-state index in [0.717, 1.165) is 38.4 Å². The van der Waals surface area contributed by atoms with Crippen LogP contribution in [-0.2, 0) is 0 Å². The number of carbonyl (C=O) groups is 1. The second-order valence-corrected chi connectivity index (χ2v) is 4.88. The van der Waals surface area contributed by atoms with E-state index in [1.54, 1.807) is 6.92 Å². The molecule has 1 aromatic rings. The summed E-state index contributed by atoms with van der Waals surface area (Å²) in [6, 6.07) is 0. The summed E-state index contributed by atoms with van der Waals surface area (Å²) >= 11 is 0. The first-order valence-electron chi connectivity index (χ1n) is 6.56. The number of aromatic nitrogens is 1. The zero-order valence-corrected chi connectivity index (χ0v) is 11.1. The monoisotopic (exact) mass is 251 g/mol. The molecule has 0 atom stereocenters. The standard InChI is InChI=1S/C13H21N3O2/c1-10-12(15-9-18-10)13(17)16-7-4-11(5-8-16)3-6-14-2/h9,11,14H,3-8H2,1-2H3. The van der Waals surface area contributed by atoms with Crippen molar-refractivity contribution in [2.75, 3.05) is 26.7 Å². The van der Waals surface area contributed by atoms with Gasteiger partial charge in [0.25, 0.3) is 5.91 Å². The first-order valence-corrected chi connectivity index (χ1v) is 6.56. The van der Waals surface area contributed by atoms with E-state index in [1.807, 2.05) is 11.9 Å². The van der Waals surface area contributed by atoms with Gasteiger partial charge in [0, 0.05) is 13.1 Å². The van der Waals surface area contributed by atoms with Gasteiger partial charge in [0.15, 0.2) is 12.1 Å². The maximum Gasteiger partial charge on any atom is 0.276 e. The predicted octanol–water partition coefficient (Wildman–Crippen LogP) is 1.44. The lowest BCUT2D eigenvalue weighted by molar-refractivity contribution is 0.0680. The third kappa shape index (κ3) is 2.90. The minimum atomic E-state index is 0.00770. The van der Waals surface area contributed by atoms with Crippen molar-refractivity contribution in [3.63, 3.8) is 0 Å². The summed E-state index contributed by atoms with van der Waals surface area (Å²) in [6.45, 7) is 4.50. The zero-order valence-electron chi connectivity index (χ0n) is 11.1. The fraction of sp³-hybridized carbons (Fsp3) is 0.692. The van der Waals surface area contributed by atoms with Gasteiger partial charge >= 0.3 is 0 Å². The Labute approximate surface area is 108 Å². The Hall–Kier alpha value is -1.36. The third-order valence-corrected chi connectivity index (χ3v) is 3.65. The second kappa shape index (κ2) is 6.00. The van der Waals surface area contributed by atoms with Crippen LogP contribution in [0.5, 0.6) is 0 Å². The normalized spacial score (nSPS) is 17.1. The Bertz CT molecular complexity index is 395. The first kappa shape index (κ1) is 13.1. The van der Waals surface area contributed by atoms with Crippen LogP contribution in [0, 0.1) is 12.8 Å². The number of rotatable bonds is 4. The highest BCUT2D eigenvalue weighted by Gasteiger charge is 2.25. The van der Waals surface area contributed by atoms with Crippen LogP contribution in [0.1, 0.15) is 35.5 Å². The molecule has 1 fully saturated rings. The lowest BCUT2D eigenvalue weighted by atomic mass is 9.93. The number of carbonyl (C=O) groups excluding carboxylic acids is 1. The van der Waals surface area contributed by atoms with Crippen LogP contribution in [0.4, 0.5) is 0 Å². The van der Waals surface area contributed by atoms with Crippen LogP contribution in [0.15, 0.2) is 10.8 Å². The number of aryl methyl sites for hydroxylation is 1. The van der Waals surface area contributed by atoms with Crippen molar-refractivity contribution < 1.29 is 9.21 Å². The number of piperidine rings is 1. The summed E-state index contributed by atoms with van der Waals surface area (Å²) in [5.74, 6) is 1.35. The van der Waals surface area contributed by atoms with E-state index in [4.69, 9.17) is 4.42 Å². The number of likely N-dealkylation sites (tertiary alicyclic amines) is 1. The number of hydrogen-bond donors (Lipinski definition) is 1. The molecule has 1 aliphatic rings. The van der Waals surface area contributed by atoms with Crippen molar-refractivity contribution in [3.8, 4) is 0 Å². The van der Waals surface area contributed by atoms with Gasteiger partial charge in [-0.15, -0.1) is 0 Å². The quantitative estimate of drug-likeness (QED) is 0.880. The molecule has 2 rings (SSSR count). The molecule has 5 nitrogen and oxygen atoms in total. The van der Waals surface area contributed by atoms with Gasteiger partial charge < -0.3 is 14.6 Å². The van der Waals surface area contributed by atoms with Gasteiger partial charge in [-0.1, -0.05) is 0 Å². The molecule has 0 aliphatic carbocycles. The highest BCUT2D eigenvalue weighted by atomic mass is 16.3. The van der Waals surface area contributed by atoms with Gasteiger partial charge in [-0.3, -0.25) is 4.79 Å². The Morgan fingerprint density at radius 3 is 2.83 bits per heavy atom. The lowest BCUT2D eigenvalue weighted by Gasteiger charge is -2.31. The van der Waals surface area contributed by atoms with Crippen LogP contribution in [0.3, 0.4) is 0 Å². The summed E-state index contributed by atoms with van der Waals surface area (Å²) in [6.07, 6.45) is 4.71. The fourth-order valence-electron chi connectivity index (χ4n) is 2.43. The molecule has 5 heteroatoms. The molecule has 1 amide bonds. The third-order valence-electron chi connectivity index (χ3n) is 3.65. The van der Waals surface area contributed by atoms with Crippen LogP contribution < -0.4 is 5.32 Å². The van der Waals surface area contributed by atoms with Crippen molar-refractivity contribution in [2.45, 2.75) is 26.2 Å². The smallest absolute Gasteiger partial charge is 0.276 e. The highest BCUT2D eigenvalue weighted by molar-refractivity contribution is 5.93. The van der Waals surface area contributed by atoms with Gasteiger partial charge in [0.05, 0.1) is 0 Å². The van der Waals surface area contributed by atoms with Crippen molar-refractivity contribution in [1.29, 1.82) is 0 Å². The summed E-state index contributed by atoms with van der Waals surface area (Å²) in [5, 5.41) is 3.18. The Balaban J connectivity index is 1.86. The van der Waals surface area contributed by atoms with E-state index in [-0.39, 0.29) is 5.91 Å². The van der Waals surface area contributed by atoms with Crippen LogP contribution in [-0.4, -0.2) is 42.5 Å². The molecule has 18 heavy (non-hydrogen) atoms. The van der Waals surface area contributed by atoms with E-state index in [0.29, 0.717) is 11.5 Å². The van der Waals surface area contributed by atoms with Crippen molar-refractivity contribution in [2.24, 2.45) is 5.92 Å². The van der Waals surface area contributed by atoms with Crippen molar-refractivity contribution in [3.05, 3.63) is 17.8 Å². The molecule has 100 valence electrons. The average molecular weight is 251 g/mol. The van der Waals surface area contributed by atoms with Gasteiger partial charge in [-0.25, -0.2) is 4.98 Å². The SMILES string of the molecule is CNCCC1CCN(C(=O)c2ncoc2C)CC1. The number of hydrogen-bond acceptors (Lipinski definition) is 4. The second-order valence-electron chi connectivity index (χ2n) is 4.88. The maximum absolute atomic E-state index is 12.2. The van der Waals surface area contributed by atoms with Crippen LogP contribution >= 0.6 is 0 Å². The first-order chi connectivity index (χ1) is 8.72. The molecule has 0 unspecified atom stereocenters. The topological polar surface area (TPSA) is 58.4 Å². The molecule has 0 radical (unpaired) electrons. The fourth-order valence-corrected chi connectivity index (χ4v) is 2.43. The van der Waals surface area contributed by atoms with Crippen LogP contribution in [0.2, 0.25) is 0 Å². The Kier molecular flexibility index (Phi) is 4.36. The molecule has 0 saturated carbocycles. The van der Waals surface area contributed by atoms with E-state index >= 15 is 0 Å². The van der Waals surface area contributed by atoms with E-state index in [2.05, 4.69) is 10.3 Å². The van der Waals surface area contributed by atoms with E-state index in [1.165, 1.54) is 12.8 Å². The summed E-state index contributed by atoms with van der Waals surface area (Å²) in [5.41, 5.74) is 0.462. The van der Waals surface area contributed by atoms with Crippen molar-refractivity contribution in [1.82, 2.24) is 15.2 Å². The molecule has 1 aliphatic heterocycles. The van der Waals surface area contributed by atoms with Crippen LogP contribution in [0.25, 0.3) is 0 Å². The number of nitrogens with one attached hydrogen (secondary N) is 1. The average Bonchev–Trinajstić information content (AvgIpc) is 2.82. The molecule has 1 saturated heterocycles. The molecule has 0 aromatic carbocycles. The molecule has 1 N–H and O–H groups in total. The van der Waals surface area contributed by atoms with Gasteiger partial charge in [0.1, 0.15) is 5.76 Å². The lowest BCUT2D eigenvalue weighted by Crippen LogP contribution is -2.39. The number of nitrogens with zero attached hydrogens (tertiary/aromatic N) is 2. The molecule has 0 bridgehead atoms. The predicted molar refractivity (Wildman–Crippen MR) is 68.4 cm³/mol. The van der Waals surface area contributed by atoms with E-state index < -0.39 is 0 Å². The Morgan fingerprint density at radius 1 is 1.56 bits per heavy atom. The molecule has 2 heterocycles. The highest BCUT2D eigenvalue weighted by Crippen LogP contribution is 2.21. The number of oxazole rings is 1. The minimum absolute atomic E-state index is 0.00770.